The van der Waals surface area contributed by atoms with E-state index in [2.05, 4.69) is 0 Å². The average Bonchev–Trinajstić information content (AvgIpc) is 2.24. The third kappa shape index (κ3) is 4.18. The summed E-state index contributed by atoms with van der Waals surface area (Å²) in [6.45, 7) is 0.852. The Kier molecular flexibility index (Phi) is 4.80. The molecule has 0 spiro atoms. The highest BCUT2D eigenvalue weighted by Crippen LogP contribution is 2.30. The zero-order valence-electron chi connectivity index (χ0n) is 9.83. The fourth-order valence-electron chi connectivity index (χ4n) is 2.53. The van der Waals surface area contributed by atoms with E-state index in [1.807, 2.05) is 0 Å². The average molecular weight is 253 g/mol. The van der Waals surface area contributed by atoms with Gasteiger partial charge in [-0.05, 0) is 19.4 Å². The summed E-state index contributed by atoms with van der Waals surface area (Å²) in [6, 6.07) is -0.479. The maximum Gasteiger partial charge on any atom is 0.401 e. The smallest absolute Gasteiger partial charge is 0.401 e. The molecule has 0 radical (unpaired) electrons. The minimum atomic E-state index is -4.27. The lowest BCUT2D eigenvalue weighted by molar-refractivity contribution is -0.162. The van der Waals surface area contributed by atoms with Gasteiger partial charge in [0.1, 0.15) is 0 Å². The molecule has 0 aliphatic heterocycles. The molecule has 0 bridgehead atoms. The number of hydrogen-bond acceptors (Lipinski definition) is 2. The second-order valence-electron chi connectivity index (χ2n) is 4.47. The Morgan fingerprint density at radius 1 is 1.35 bits per heavy atom. The van der Waals surface area contributed by atoms with Gasteiger partial charge in [0, 0.05) is 6.04 Å². The van der Waals surface area contributed by atoms with Crippen LogP contribution in [0.5, 0.6) is 0 Å². The first-order chi connectivity index (χ1) is 7.85. The summed E-state index contributed by atoms with van der Waals surface area (Å²) in [7, 11) is 0. The summed E-state index contributed by atoms with van der Waals surface area (Å²) < 4.78 is 37.2. The van der Waals surface area contributed by atoms with E-state index < -0.39 is 30.7 Å². The van der Waals surface area contributed by atoms with Gasteiger partial charge in [-0.25, -0.2) is 0 Å². The van der Waals surface area contributed by atoms with Gasteiger partial charge in [0.05, 0.1) is 12.5 Å². The topological polar surface area (TPSA) is 40.5 Å². The fourth-order valence-corrected chi connectivity index (χ4v) is 2.53. The van der Waals surface area contributed by atoms with Gasteiger partial charge in [0.25, 0.3) is 0 Å². The molecule has 0 saturated heterocycles. The summed E-state index contributed by atoms with van der Waals surface area (Å²) in [5.74, 6) is -1.64. The van der Waals surface area contributed by atoms with Crippen molar-refractivity contribution in [3.05, 3.63) is 0 Å². The second-order valence-corrected chi connectivity index (χ2v) is 4.47. The van der Waals surface area contributed by atoms with Crippen LogP contribution in [0.4, 0.5) is 13.2 Å². The molecule has 100 valence electrons. The Bertz CT molecular complexity index is 268. The van der Waals surface area contributed by atoms with E-state index in [1.54, 1.807) is 6.92 Å². The molecule has 1 fully saturated rings. The minimum absolute atomic E-state index is 0.230. The number of carboxylic acid groups (broad SMARTS) is 1. The van der Waals surface area contributed by atoms with Crippen LogP contribution in [0.25, 0.3) is 0 Å². The van der Waals surface area contributed by atoms with Crippen molar-refractivity contribution in [2.45, 2.75) is 44.8 Å². The SMILES string of the molecule is CCN(CC(F)(F)F)C1CCCCC1C(=O)O. The lowest BCUT2D eigenvalue weighted by Crippen LogP contribution is -2.48. The minimum Gasteiger partial charge on any atom is -0.481 e. The Labute approximate surface area is 98.6 Å². The number of rotatable bonds is 4. The number of aliphatic carboxylic acids is 1. The molecule has 2 atom stereocenters. The highest BCUT2D eigenvalue weighted by Gasteiger charge is 2.39. The van der Waals surface area contributed by atoms with E-state index >= 15 is 0 Å². The predicted molar refractivity (Wildman–Crippen MR) is 56.7 cm³/mol. The second kappa shape index (κ2) is 5.71. The third-order valence-corrected chi connectivity index (χ3v) is 3.30. The van der Waals surface area contributed by atoms with Crippen molar-refractivity contribution in [3.63, 3.8) is 0 Å². The van der Waals surface area contributed by atoms with E-state index in [-0.39, 0.29) is 6.54 Å². The van der Waals surface area contributed by atoms with Crippen LogP contribution in [0.1, 0.15) is 32.6 Å². The van der Waals surface area contributed by atoms with E-state index in [0.29, 0.717) is 12.8 Å². The molecule has 6 heteroatoms. The molecule has 1 saturated carbocycles. The number of carboxylic acids is 1. The molecule has 0 amide bonds. The first-order valence-electron chi connectivity index (χ1n) is 5.88. The zero-order chi connectivity index (χ0) is 13.1. The molecule has 0 aromatic rings. The summed E-state index contributed by atoms with van der Waals surface area (Å²) in [4.78, 5) is 12.3. The van der Waals surface area contributed by atoms with E-state index in [9.17, 15) is 18.0 Å². The number of halogens is 3. The summed E-state index contributed by atoms with van der Waals surface area (Å²) in [5.41, 5.74) is 0. The Morgan fingerprint density at radius 2 is 1.94 bits per heavy atom. The van der Waals surface area contributed by atoms with Crippen LogP contribution < -0.4 is 0 Å². The number of carbonyl (C=O) groups is 1. The predicted octanol–water partition coefficient (Wildman–Crippen LogP) is 2.51. The monoisotopic (exact) mass is 253 g/mol. The lowest BCUT2D eigenvalue weighted by atomic mass is 9.83. The molecule has 0 aromatic heterocycles. The van der Waals surface area contributed by atoms with Gasteiger partial charge in [-0.2, -0.15) is 13.2 Å². The van der Waals surface area contributed by atoms with Crippen LogP contribution in [0.15, 0.2) is 0 Å². The van der Waals surface area contributed by atoms with E-state index in [0.717, 1.165) is 12.8 Å². The van der Waals surface area contributed by atoms with E-state index in [1.165, 1.54) is 4.90 Å². The quantitative estimate of drug-likeness (QED) is 0.837. The van der Waals surface area contributed by atoms with Crippen molar-refractivity contribution < 1.29 is 23.1 Å². The molecule has 3 nitrogen and oxygen atoms in total. The number of hydrogen-bond donors (Lipinski definition) is 1. The Balaban J connectivity index is 2.73. The summed E-state index contributed by atoms with van der Waals surface area (Å²) >= 11 is 0. The molecular formula is C11H18F3NO2. The highest BCUT2D eigenvalue weighted by atomic mass is 19.4. The van der Waals surface area contributed by atoms with Crippen molar-refractivity contribution in [1.29, 1.82) is 0 Å². The molecule has 2 unspecified atom stereocenters. The van der Waals surface area contributed by atoms with Gasteiger partial charge in [-0.1, -0.05) is 19.8 Å². The zero-order valence-corrected chi connectivity index (χ0v) is 9.83. The Hall–Kier alpha value is -0.780. The molecule has 1 aliphatic carbocycles. The van der Waals surface area contributed by atoms with Crippen molar-refractivity contribution in [1.82, 2.24) is 4.90 Å². The first-order valence-corrected chi connectivity index (χ1v) is 5.88. The van der Waals surface area contributed by atoms with Crippen molar-refractivity contribution >= 4 is 5.97 Å². The van der Waals surface area contributed by atoms with Crippen molar-refractivity contribution in [2.75, 3.05) is 13.1 Å². The molecule has 17 heavy (non-hydrogen) atoms. The molecule has 1 rings (SSSR count). The molecule has 1 aliphatic rings. The van der Waals surface area contributed by atoms with Crippen molar-refractivity contribution in [3.8, 4) is 0 Å². The molecule has 0 aromatic carbocycles. The highest BCUT2D eigenvalue weighted by molar-refractivity contribution is 5.71. The van der Waals surface area contributed by atoms with Gasteiger partial charge in [-0.3, -0.25) is 9.69 Å². The largest absolute Gasteiger partial charge is 0.481 e. The number of alkyl halides is 3. The van der Waals surface area contributed by atoms with Crippen LogP contribution in [0.3, 0.4) is 0 Å². The maximum absolute atomic E-state index is 12.4. The first kappa shape index (κ1) is 14.3. The van der Waals surface area contributed by atoms with E-state index in [4.69, 9.17) is 5.11 Å². The van der Waals surface area contributed by atoms with Crippen LogP contribution in [-0.2, 0) is 4.79 Å². The van der Waals surface area contributed by atoms with Crippen LogP contribution in [0, 0.1) is 5.92 Å². The number of nitrogens with zero attached hydrogens (tertiary/aromatic N) is 1. The van der Waals surface area contributed by atoms with Gasteiger partial charge in [0.15, 0.2) is 0 Å². The standard InChI is InChI=1S/C11H18F3NO2/c1-2-15(7-11(12,13)14)9-6-4-3-5-8(9)10(16)17/h8-9H,2-7H2,1H3,(H,16,17). The van der Waals surface area contributed by atoms with Crippen LogP contribution >= 0.6 is 0 Å². The van der Waals surface area contributed by atoms with Gasteiger partial charge >= 0.3 is 12.1 Å². The fraction of sp³-hybridized carbons (Fsp3) is 0.909. The molecular weight excluding hydrogens is 235 g/mol. The van der Waals surface area contributed by atoms with Crippen LogP contribution in [0.2, 0.25) is 0 Å². The summed E-state index contributed by atoms with van der Waals surface area (Å²) in [5, 5.41) is 9.04. The normalized spacial score (nSPS) is 26.2. The summed E-state index contributed by atoms with van der Waals surface area (Å²) in [6.07, 6.45) is -1.65. The maximum atomic E-state index is 12.4. The molecule has 0 heterocycles. The van der Waals surface area contributed by atoms with Gasteiger partial charge in [0.2, 0.25) is 0 Å². The van der Waals surface area contributed by atoms with Gasteiger partial charge in [-0.15, -0.1) is 0 Å². The van der Waals surface area contributed by atoms with Gasteiger partial charge < -0.3 is 5.11 Å². The third-order valence-electron chi connectivity index (χ3n) is 3.30. The van der Waals surface area contributed by atoms with Crippen LogP contribution in [-0.4, -0.2) is 41.3 Å². The lowest BCUT2D eigenvalue weighted by Gasteiger charge is -2.37. The Morgan fingerprint density at radius 3 is 2.41 bits per heavy atom. The van der Waals surface area contributed by atoms with Crippen molar-refractivity contribution in [2.24, 2.45) is 5.92 Å². The molecule has 1 N–H and O–H groups in total.